The first-order valence-electron chi connectivity index (χ1n) is 7.89. The number of hydrogen-bond donors (Lipinski definition) is 1. The minimum atomic E-state index is -0.854. The molecule has 1 fully saturated rings. The maximum atomic E-state index is 12.4. The van der Waals surface area contributed by atoms with Crippen LogP contribution in [0.15, 0.2) is 47.2 Å². The molecule has 1 N–H and O–H groups in total. The number of piperidine rings is 1. The van der Waals surface area contributed by atoms with Gasteiger partial charge in [0.1, 0.15) is 12.4 Å². The molecule has 1 saturated heterocycles. The molecular weight excluding hydrogens is 326 g/mol. The Labute approximate surface area is 144 Å². The van der Waals surface area contributed by atoms with E-state index in [1.54, 1.807) is 4.90 Å². The number of nitrogens with zero attached hydrogens (tertiary/aromatic N) is 1. The molecule has 2 heterocycles. The fraction of sp³-hybridized carbons (Fsp3) is 0.333. The zero-order chi connectivity index (χ0) is 16.9. The average molecular weight is 345 g/mol. The monoisotopic (exact) mass is 345 g/mol. The van der Waals surface area contributed by atoms with Gasteiger partial charge in [0.15, 0.2) is 0 Å². The van der Waals surface area contributed by atoms with Gasteiger partial charge in [0, 0.05) is 6.42 Å². The zero-order valence-corrected chi connectivity index (χ0v) is 13.9. The SMILES string of the molecule is O=C(O)C1CCC(=O)N(CCOc2ccccc2)C1c1ccsc1. The lowest BCUT2D eigenvalue weighted by Gasteiger charge is -2.39. The van der Waals surface area contributed by atoms with Gasteiger partial charge in [-0.15, -0.1) is 0 Å². The van der Waals surface area contributed by atoms with Crippen LogP contribution in [0.5, 0.6) is 5.75 Å². The number of rotatable bonds is 6. The summed E-state index contributed by atoms with van der Waals surface area (Å²) < 4.78 is 5.68. The van der Waals surface area contributed by atoms with Gasteiger partial charge in [0.05, 0.1) is 18.5 Å². The molecule has 1 amide bonds. The minimum Gasteiger partial charge on any atom is -0.492 e. The summed E-state index contributed by atoms with van der Waals surface area (Å²) in [5, 5.41) is 13.4. The van der Waals surface area contributed by atoms with Crippen molar-refractivity contribution in [1.82, 2.24) is 4.90 Å². The molecule has 0 bridgehead atoms. The van der Waals surface area contributed by atoms with Crippen molar-refractivity contribution in [1.29, 1.82) is 0 Å². The summed E-state index contributed by atoms with van der Waals surface area (Å²) in [6.45, 7) is 0.709. The van der Waals surface area contributed by atoms with E-state index in [0.717, 1.165) is 11.3 Å². The molecule has 6 heteroatoms. The van der Waals surface area contributed by atoms with Crippen molar-refractivity contribution >= 4 is 23.2 Å². The molecular formula is C18H19NO4S. The number of thiophene rings is 1. The van der Waals surface area contributed by atoms with Gasteiger partial charge in [-0.1, -0.05) is 18.2 Å². The van der Waals surface area contributed by atoms with Gasteiger partial charge in [0.2, 0.25) is 5.91 Å². The molecule has 2 aromatic rings. The van der Waals surface area contributed by atoms with Gasteiger partial charge < -0.3 is 14.7 Å². The van der Waals surface area contributed by atoms with Crippen LogP contribution in [-0.4, -0.2) is 35.0 Å². The lowest BCUT2D eigenvalue weighted by atomic mass is 9.85. The number of carbonyl (C=O) groups excluding carboxylic acids is 1. The fourth-order valence-electron chi connectivity index (χ4n) is 3.11. The summed E-state index contributed by atoms with van der Waals surface area (Å²) in [7, 11) is 0. The molecule has 1 aromatic carbocycles. The van der Waals surface area contributed by atoms with Crippen molar-refractivity contribution in [2.75, 3.05) is 13.2 Å². The highest BCUT2D eigenvalue weighted by Crippen LogP contribution is 2.37. The number of amides is 1. The molecule has 24 heavy (non-hydrogen) atoms. The van der Waals surface area contributed by atoms with E-state index in [2.05, 4.69) is 0 Å². The molecule has 5 nitrogen and oxygen atoms in total. The van der Waals surface area contributed by atoms with Gasteiger partial charge in [0.25, 0.3) is 0 Å². The Morgan fingerprint density at radius 1 is 1.29 bits per heavy atom. The quantitative estimate of drug-likeness (QED) is 0.873. The number of para-hydroxylation sites is 1. The first kappa shape index (κ1) is 16.5. The third-order valence-corrected chi connectivity index (χ3v) is 4.95. The third kappa shape index (κ3) is 3.59. The van der Waals surface area contributed by atoms with Crippen molar-refractivity contribution in [3.8, 4) is 5.75 Å². The van der Waals surface area contributed by atoms with E-state index in [1.165, 1.54) is 11.3 Å². The molecule has 0 aliphatic carbocycles. The second kappa shape index (κ2) is 7.49. The molecule has 1 aliphatic heterocycles. The van der Waals surface area contributed by atoms with Crippen LogP contribution < -0.4 is 4.74 Å². The largest absolute Gasteiger partial charge is 0.492 e. The standard InChI is InChI=1S/C18H19NO4S/c20-16-7-6-15(18(21)22)17(13-8-11-24-12-13)19(16)9-10-23-14-4-2-1-3-5-14/h1-5,8,11-12,15,17H,6-7,9-10H2,(H,21,22). The van der Waals surface area contributed by atoms with Gasteiger partial charge in [-0.05, 0) is 40.9 Å². The number of carboxylic acids is 1. The van der Waals surface area contributed by atoms with Crippen LogP contribution in [0.4, 0.5) is 0 Å². The lowest BCUT2D eigenvalue weighted by molar-refractivity contribution is -0.152. The maximum absolute atomic E-state index is 12.4. The summed E-state index contributed by atoms with van der Waals surface area (Å²) in [4.78, 5) is 25.7. The predicted molar refractivity (Wildman–Crippen MR) is 91.1 cm³/mol. The molecule has 2 unspecified atom stereocenters. The van der Waals surface area contributed by atoms with E-state index in [9.17, 15) is 14.7 Å². The molecule has 0 saturated carbocycles. The highest BCUT2D eigenvalue weighted by molar-refractivity contribution is 7.08. The topological polar surface area (TPSA) is 66.8 Å². The number of likely N-dealkylation sites (tertiary alicyclic amines) is 1. The number of carbonyl (C=O) groups is 2. The number of hydrogen-bond acceptors (Lipinski definition) is 4. The van der Waals surface area contributed by atoms with Crippen molar-refractivity contribution in [3.63, 3.8) is 0 Å². The molecule has 0 spiro atoms. The lowest BCUT2D eigenvalue weighted by Crippen LogP contribution is -2.46. The molecule has 126 valence electrons. The molecule has 0 radical (unpaired) electrons. The second-order valence-corrected chi connectivity index (χ2v) is 6.51. The van der Waals surface area contributed by atoms with E-state index >= 15 is 0 Å². The highest BCUT2D eigenvalue weighted by atomic mass is 32.1. The summed E-state index contributed by atoms with van der Waals surface area (Å²) >= 11 is 1.51. The third-order valence-electron chi connectivity index (χ3n) is 4.25. The van der Waals surface area contributed by atoms with Crippen LogP contribution in [0, 0.1) is 5.92 Å². The van der Waals surface area contributed by atoms with E-state index in [1.807, 2.05) is 47.2 Å². The first-order valence-corrected chi connectivity index (χ1v) is 8.83. The van der Waals surface area contributed by atoms with Crippen LogP contribution in [0.2, 0.25) is 0 Å². The highest BCUT2D eigenvalue weighted by Gasteiger charge is 2.40. The second-order valence-electron chi connectivity index (χ2n) is 5.73. The summed E-state index contributed by atoms with van der Waals surface area (Å²) in [6, 6.07) is 10.9. The van der Waals surface area contributed by atoms with Crippen LogP contribution in [0.3, 0.4) is 0 Å². The Bertz CT molecular complexity index is 686. The number of aliphatic carboxylic acids is 1. The number of carboxylic acid groups (broad SMARTS) is 1. The number of benzene rings is 1. The van der Waals surface area contributed by atoms with Crippen molar-refractivity contribution in [3.05, 3.63) is 52.7 Å². The Hall–Kier alpha value is -2.34. The van der Waals surface area contributed by atoms with Crippen LogP contribution >= 0.6 is 11.3 Å². The normalized spacial score (nSPS) is 20.8. The van der Waals surface area contributed by atoms with E-state index in [0.29, 0.717) is 19.6 Å². The predicted octanol–water partition coefficient (Wildman–Crippen LogP) is 3.19. The minimum absolute atomic E-state index is 0.0136. The Kier molecular flexibility index (Phi) is 5.15. The van der Waals surface area contributed by atoms with Crippen LogP contribution in [-0.2, 0) is 9.59 Å². The first-order chi connectivity index (χ1) is 11.7. The van der Waals surface area contributed by atoms with Gasteiger partial charge >= 0.3 is 5.97 Å². The summed E-state index contributed by atoms with van der Waals surface area (Å²) in [6.07, 6.45) is 0.646. The maximum Gasteiger partial charge on any atom is 0.308 e. The van der Waals surface area contributed by atoms with Crippen molar-refractivity contribution in [2.24, 2.45) is 5.92 Å². The summed E-state index contributed by atoms with van der Waals surface area (Å²) in [5.41, 5.74) is 0.889. The van der Waals surface area contributed by atoms with Gasteiger partial charge in [-0.2, -0.15) is 11.3 Å². The number of ether oxygens (including phenoxy) is 1. The smallest absolute Gasteiger partial charge is 0.308 e. The molecule has 2 atom stereocenters. The molecule has 3 rings (SSSR count). The van der Waals surface area contributed by atoms with E-state index < -0.39 is 17.9 Å². The van der Waals surface area contributed by atoms with Crippen LogP contribution in [0.1, 0.15) is 24.4 Å². The fourth-order valence-corrected chi connectivity index (χ4v) is 3.80. The van der Waals surface area contributed by atoms with Crippen molar-refractivity contribution in [2.45, 2.75) is 18.9 Å². The van der Waals surface area contributed by atoms with Gasteiger partial charge in [-0.3, -0.25) is 9.59 Å². The van der Waals surface area contributed by atoms with E-state index in [-0.39, 0.29) is 12.3 Å². The average Bonchev–Trinajstić information content (AvgIpc) is 3.11. The Balaban J connectivity index is 1.74. The summed E-state index contributed by atoms with van der Waals surface area (Å²) in [5.74, 6) is -0.703. The van der Waals surface area contributed by atoms with Crippen molar-refractivity contribution < 1.29 is 19.4 Å². The Morgan fingerprint density at radius 2 is 2.08 bits per heavy atom. The van der Waals surface area contributed by atoms with Crippen LogP contribution in [0.25, 0.3) is 0 Å². The molecule has 1 aromatic heterocycles. The van der Waals surface area contributed by atoms with Gasteiger partial charge in [-0.25, -0.2) is 0 Å². The Morgan fingerprint density at radius 3 is 2.75 bits per heavy atom. The molecule has 1 aliphatic rings. The van der Waals surface area contributed by atoms with E-state index in [4.69, 9.17) is 4.74 Å². The zero-order valence-electron chi connectivity index (χ0n) is 13.1.